The Hall–Kier alpha value is -1.06. The van der Waals surface area contributed by atoms with Crippen LogP contribution in [0.25, 0.3) is 0 Å². The highest BCUT2D eigenvalue weighted by Gasteiger charge is 2.12. The summed E-state index contributed by atoms with van der Waals surface area (Å²) in [4.78, 5) is 23.4. The number of hydrogen-bond donors (Lipinski definition) is 0. The van der Waals surface area contributed by atoms with E-state index in [9.17, 15) is 9.59 Å². The summed E-state index contributed by atoms with van der Waals surface area (Å²) in [5.41, 5.74) is 0. The van der Waals surface area contributed by atoms with Gasteiger partial charge in [0.25, 0.3) is 0 Å². The highest BCUT2D eigenvalue weighted by atomic mass is 16.6. The molecule has 0 fully saturated rings. The zero-order valence-corrected chi connectivity index (χ0v) is 17.5. The second kappa shape index (κ2) is 18.7. The Morgan fingerprint density at radius 2 is 1.08 bits per heavy atom. The molecular weight excluding hydrogens is 328 g/mol. The molecule has 0 N–H and O–H groups in total. The normalized spacial score (nSPS) is 12.0. The minimum atomic E-state index is -0.361. The Kier molecular flexibility index (Phi) is 18.0. The topological polar surface area (TPSA) is 52.6 Å². The lowest BCUT2D eigenvalue weighted by atomic mass is 10.1. The van der Waals surface area contributed by atoms with E-state index in [0.717, 1.165) is 25.7 Å². The van der Waals surface area contributed by atoms with Crippen molar-refractivity contribution in [3.63, 3.8) is 0 Å². The molecule has 0 bridgehead atoms. The van der Waals surface area contributed by atoms with E-state index in [0.29, 0.717) is 12.8 Å². The van der Waals surface area contributed by atoms with Gasteiger partial charge in [0.2, 0.25) is 0 Å². The van der Waals surface area contributed by atoms with Crippen molar-refractivity contribution in [2.24, 2.45) is 0 Å². The summed E-state index contributed by atoms with van der Waals surface area (Å²) in [7, 11) is 0. The number of unbranched alkanes of at least 4 members (excludes halogenated alkanes) is 11. The van der Waals surface area contributed by atoms with Crippen LogP contribution in [0.3, 0.4) is 0 Å². The zero-order chi connectivity index (χ0) is 19.5. The first kappa shape index (κ1) is 24.9. The summed E-state index contributed by atoms with van der Waals surface area (Å²) in [5, 5.41) is 0. The van der Waals surface area contributed by atoms with Gasteiger partial charge in [0.1, 0.15) is 12.7 Å². The molecule has 0 heterocycles. The van der Waals surface area contributed by atoms with Gasteiger partial charge in [-0.1, -0.05) is 84.5 Å². The van der Waals surface area contributed by atoms with Crippen molar-refractivity contribution < 1.29 is 19.1 Å². The van der Waals surface area contributed by atoms with E-state index < -0.39 is 0 Å². The molecule has 0 aromatic carbocycles. The Morgan fingerprint density at radius 3 is 1.58 bits per heavy atom. The van der Waals surface area contributed by atoms with Crippen LogP contribution in [0, 0.1) is 0 Å². The smallest absolute Gasteiger partial charge is 0.306 e. The molecule has 0 saturated heterocycles. The van der Waals surface area contributed by atoms with Crippen LogP contribution in [-0.2, 0) is 19.1 Å². The van der Waals surface area contributed by atoms with Crippen LogP contribution in [-0.4, -0.2) is 24.6 Å². The van der Waals surface area contributed by atoms with Crippen molar-refractivity contribution >= 4 is 11.9 Å². The van der Waals surface area contributed by atoms with Crippen molar-refractivity contribution in [2.45, 2.75) is 123 Å². The molecule has 4 nitrogen and oxygen atoms in total. The third kappa shape index (κ3) is 17.8. The maximum Gasteiger partial charge on any atom is 0.306 e. The van der Waals surface area contributed by atoms with E-state index in [1.807, 2.05) is 0 Å². The van der Waals surface area contributed by atoms with Gasteiger partial charge in [-0.2, -0.15) is 0 Å². The lowest BCUT2D eigenvalue weighted by Crippen LogP contribution is -2.22. The molecule has 0 rings (SSSR count). The van der Waals surface area contributed by atoms with Gasteiger partial charge >= 0.3 is 11.9 Å². The van der Waals surface area contributed by atoms with Crippen molar-refractivity contribution in [2.75, 3.05) is 6.61 Å². The molecule has 0 aromatic heterocycles. The molecule has 0 aliphatic rings. The highest BCUT2D eigenvalue weighted by molar-refractivity contribution is 5.70. The first-order valence-electron chi connectivity index (χ1n) is 10.9. The van der Waals surface area contributed by atoms with E-state index in [2.05, 4.69) is 13.8 Å². The SMILES string of the molecule is CCCCCCCCCC(=O)OCC(C)OC(=O)CCCCCCCC. The second-order valence-corrected chi connectivity index (χ2v) is 7.37. The maximum absolute atomic E-state index is 11.7. The van der Waals surface area contributed by atoms with Gasteiger partial charge in [0, 0.05) is 12.8 Å². The van der Waals surface area contributed by atoms with Crippen molar-refractivity contribution in [1.29, 1.82) is 0 Å². The molecule has 0 spiro atoms. The second-order valence-electron chi connectivity index (χ2n) is 7.37. The average Bonchev–Trinajstić information content (AvgIpc) is 2.62. The lowest BCUT2D eigenvalue weighted by molar-refractivity contribution is -0.158. The highest BCUT2D eigenvalue weighted by Crippen LogP contribution is 2.10. The zero-order valence-electron chi connectivity index (χ0n) is 17.5. The largest absolute Gasteiger partial charge is 0.462 e. The monoisotopic (exact) mass is 370 g/mol. The Bertz CT molecular complexity index is 341. The molecule has 0 aromatic rings. The van der Waals surface area contributed by atoms with E-state index in [1.54, 1.807) is 6.92 Å². The van der Waals surface area contributed by atoms with Crippen molar-refractivity contribution in [3.05, 3.63) is 0 Å². The predicted molar refractivity (Wildman–Crippen MR) is 107 cm³/mol. The van der Waals surface area contributed by atoms with Crippen molar-refractivity contribution in [1.82, 2.24) is 0 Å². The van der Waals surface area contributed by atoms with Crippen LogP contribution in [0.15, 0.2) is 0 Å². The van der Waals surface area contributed by atoms with E-state index >= 15 is 0 Å². The number of esters is 2. The lowest BCUT2D eigenvalue weighted by Gasteiger charge is -2.13. The number of carbonyl (C=O) groups is 2. The molecule has 0 aliphatic carbocycles. The van der Waals surface area contributed by atoms with Gasteiger partial charge < -0.3 is 9.47 Å². The van der Waals surface area contributed by atoms with Gasteiger partial charge in [-0.15, -0.1) is 0 Å². The van der Waals surface area contributed by atoms with Crippen molar-refractivity contribution in [3.8, 4) is 0 Å². The fourth-order valence-electron chi connectivity index (χ4n) is 2.88. The molecule has 0 aliphatic heterocycles. The summed E-state index contributed by atoms with van der Waals surface area (Å²) in [6, 6.07) is 0. The van der Waals surface area contributed by atoms with Crippen LogP contribution in [0.4, 0.5) is 0 Å². The quantitative estimate of drug-likeness (QED) is 0.208. The van der Waals surface area contributed by atoms with Crippen LogP contribution in [0.1, 0.15) is 117 Å². The minimum absolute atomic E-state index is 0.164. The summed E-state index contributed by atoms with van der Waals surface area (Å²) in [6.07, 6.45) is 15.7. The van der Waals surface area contributed by atoms with Gasteiger partial charge in [0.05, 0.1) is 0 Å². The fraction of sp³-hybridized carbons (Fsp3) is 0.909. The third-order valence-corrected chi connectivity index (χ3v) is 4.53. The van der Waals surface area contributed by atoms with Gasteiger partial charge in [0.15, 0.2) is 0 Å². The predicted octanol–water partition coefficient (Wildman–Crippen LogP) is 6.35. The first-order valence-corrected chi connectivity index (χ1v) is 10.9. The number of carbonyl (C=O) groups excluding carboxylic acids is 2. The summed E-state index contributed by atoms with van der Waals surface area (Å²) in [5.74, 6) is -0.367. The number of hydrogen-bond acceptors (Lipinski definition) is 4. The van der Waals surface area contributed by atoms with E-state index in [-0.39, 0.29) is 24.6 Å². The van der Waals surface area contributed by atoms with E-state index in [4.69, 9.17) is 9.47 Å². The first-order chi connectivity index (χ1) is 12.6. The molecule has 0 saturated carbocycles. The molecular formula is C22H42O4. The van der Waals surface area contributed by atoms with Gasteiger partial charge in [-0.05, 0) is 19.8 Å². The molecule has 4 heteroatoms. The molecule has 154 valence electrons. The minimum Gasteiger partial charge on any atom is -0.462 e. The Labute approximate surface area is 161 Å². The van der Waals surface area contributed by atoms with Crippen LogP contribution in [0.5, 0.6) is 0 Å². The van der Waals surface area contributed by atoms with Gasteiger partial charge in [-0.3, -0.25) is 9.59 Å². The number of ether oxygens (including phenoxy) is 2. The summed E-state index contributed by atoms with van der Waals surface area (Å²) in [6.45, 7) is 6.35. The molecule has 1 atom stereocenters. The molecule has 26 heavy (non-hydrogen) atoms. The molecule has 0 radical (unpaired) electrons. The van der Waals surface area contributed by atoms with Gasteiger partial charge in [-0.25, -0.2) is 0 Å². The third-order valence-electron chi connectivity index (χ3n) is 4.53. The fourth-order valence-corrected chi connectivity index (χ4v) is 2.88. The van der Waals surface area contributed by atoms with Crippen LogP contribution >= 0.6 is 0 Å². The Morgan fingerprint density at radius 1 is 0.654 bits per heavy atom. The van der Waals surface area contributed by atoms with Crippen LogP contribution < -0.4 is 0 Å². The standard InChI is InChI=1S/C22H42O4/c1-4-6-8-10-12-14-15-17-21(23)25-19-20(3)26-22(24)18-16-13-11-9-7-5-2/h20H,4-19H2,1-3H3. The number of rotatable bonds is 18. The summed E-state index contributed by atoms with van der Waals surface area (Å²) >= 11 is 0. The molecule has 1 unspecified atom stereocenters. The molecule has 0 amide bonds. The average molecular weight is 371 g/mol. The van der Waals surface area contributed by atoms with E-state index in [1.165, 1.54) is 57.8 Å². The summed E-state index contributed by atoms with van der Waals surface area (Å²) < 4.78 is 10.5. The maximum atomic E-state index is 11.7. The van der Waals surface area contributed by atoms with Crippen LogP contribution in [0.2, 0.25) is 0 Å². The Balaban J connectivity index is 3.51.